The van der Waals surface area contributed by atoms with Gasteiger partial charge in [-0.2, -0.15) is 0 Å². The van der Waals surface area contributed by atoms with Crippen molar-refractivity contribution in [2.45, 2.75) is 13.0 Å². The standard InChI is InChI=1S/C14H15N3O2/c1-9(10-3-2-4-11(15)7-10)17-14(19)12-5-6-16-8-13(12)18/h2-9,18H,15H2,1H3,(H,17,19). The lowest BCUT2D eigenvalue weighted by atomic mass is 10.1. The minimum Gasteiger partial charge on any atom is -0.505 e. The summed E-state index contributed by atoms with van der Waals surface area (Å²) in [5, 5.41) is 12.4. The van der Waals surface area contributed by atoms with Crippen molar-refractivity contribution >= 4 is 11.6 Å². The van der Waals surface area contributed by atoms with Crippen LogP contribution < -0.4 is 11.1 Å². The van der Waals surface area contributed by atoms with Gasteiger partial charge in [0.1, 0.15) is 5.75 Å². The third kappa shape index (κ3) is 3.01. The number of pyridine rings is 1. The number of nitrogens with two attached hydrogens (primary N) is 1. The number of anilines is 1. The van der Waals surface area contributed by atoms with Gasteiger partial charge in [0.25, 0.3) is 5.91 Å². The third-order valence-corrected chi connectivity index (χ3v) is 2.80. The lowest BCUT2D eigenvalue weighted by molar-refractivity contribution is 0.0937. The summed E-state index contributed by atoms with van der Waals surface area (Å²) < 4.78 is 0. The SMILES string of the molecule is CC(NC(=O)c1ccncc1O)c1cccc(N)c1. The molecular weight excluding hydrogens is 242 g/mol. The minimum atomic E-state index is -0.352. The second-order valence-electron chi connectivity index (χ2n) is 4.26. The summed E-state index contributed by atoms with van der Waals surface area (Å²) in [5.41, 5.74) is 7.45. The van der Waals surface area contributed by atoms with Crippen LogP contribution in [0.4, 0.5) is 5.69 Å². The highest BCUT2D eigenvalue weighted by molar-refractivity contribution is 5.96. The molecule has 2 rings (SSSR count). The first-order chi connectivity index (χ1) is 9.08. The Morgan fingerprint density at radius 3 is 2.89 bits per heavy atom. The van der Waals surface area contributed by atoms with Crippen LogP contribution in [0.25, 0.3) is 0 Å². The highest BCUT2D eigenvalue weighted by atomic mass is 16.3. The quantitative estimate of drug-likeness (QED) is 0.732. The molecule has 5 nitrogen and oxygen atoms in total. The van der Waals surface area contributed by atoms with Crippen LogP contribution in [0.2, 0.25) is 0 Å². The van der Waals surface area contributed by atoms with Gasteiger partial charge in [0.15, 0.2) is 0 Å². The summed E-state index contributed by atoms with van der Waals surface area (Å²) in [6.45, 7) is 1.85. The van der Waals surface area contributed by atoms with Gasteiger partial charge in [-0.3, -0.25) is 9.78 Å². The number of amides is 1. The molecule has 1 atom stereocenters. The van der Waals surface area contributed by atoms with E-state index in [2.05, 4.69) is 10.3 Å². The maximum absolute atomic E-state index is 12.0. The van der Waals surface area contributed by atoms with Crippen LogP contribution in [0.3, 0.4) is 0 Å². The van der Waals surface area contributed by atoms with E-state index in [0.717, 1.165) is 5.56 Å². The highest BCUT2D eigenvalue weighted by Gasteiger charge is 2.14. The molecule has 0 aliphatic heterocycles. The average molecular weight is 257 g/mol. The van der Waals surface area contributed by atoms with E-state index in [-0.39, 0.29) is 23.3 Å². The number of nitrogens with one attached hydrogen (secondary N) is 1. The Hall–Kier alpha value is -2.56. The van der Waals surface area contributed by atoms with Gasteiger partial charge >= 0.3 is 0 Å². The van der Waals surface area contributed by atoms with Gasteiger partial charge in [0.05, 0.1) is 17.8 Å². The van der Waals surface area contributed by atoms with Crippen molar-refractivity contribution in [3.8, 4) is 5.75 Å². The Balaban J connectivity index is 2.13. The second-order valence-corrected chi connectivity index (χ2v) is 4.26. The molecule has 1 amide bonds. The van der Waals surface area contributed by atoms with Gasteiger partial charge in [0, 0.05) is 11.9 Å². The monoisotopic (exact) mass is 257 g/mol. The van der Waals surface area contributed by atoms with Crippen molar-refractivity contribution in [1.29, 1.82) is 0 Å². The summed E-state index contributed by atoms with van der Waals surface area (Å²) in [4.78, 5) is 15.7. The van der Waals surface area contributed by atoms with Crippen molar-refractivity contribution in [3.05, 3.63) is 53.9 Å². The lowest BCUT2D eigenvalue weighted by Crippen LogP contribution is -2.26. The molecule has 0 aliphatic rings. The molecule has 1 aromatic carbocycles. The summed E-state index contributed by atoms with van der Waals surface area (Å²) >= 11 is 0. The van der Waals surface area contributed by atoms with Crippen LogP contribution in [-0.2, 0) is 0 Å². The predicted molar refractivity (Wildman–Crippen MR) is 72.6 cm³/mol. The summed E-state index contributed by atoms with van der Waals surface area (Å²) in [5.74, 6) is -0.491. The fraction of sp³-hybridized carbons (Fsp3) is 0.143. The number of carbonyl (C=O) groups is 1. The molecule has 0 saturated carbocycles. The van der Waals surface area contributed by atoms with E-state index in [0.29, 0.717) is 5.69 Å². The molecule has 1 aromatic heterocycles. The highest BCUT2D eigenvalue weighted by Crippen LogP contribution is 2.18. The van der Waals surface area contributed by atoms with Gasteiger partial charge in [-0.05, 0) is 30.7 Å². The number of aromatic hydroxyl groups is 1. The van der Waals surface area contributed by atoms with Gasteiger partial charge < -0.3 is 16.2 Å². The van der Waals surface area contributed by atoms with Gasteiger partial charge in [-0.1, -0.05) is 12.1 Å². The summed E-state index contributed by atoms with van der Waals surface area (Å²) in [7, 11) is 0. The van der Waals surface area contributed by atoms with E-state index in [1.807, 2.05) is 19.1 Å². The van der Waals surface area contributed by atoms with Crippen LogP contribution in [0.1, 0.15) is 28.9 Å². The number of hydrogen-bond acceptors (Lipinski definition) is 4. The Morgan fingerprint density at radius 2 is 2.21 bits per heavy atom. The van der Waals surface area contributed by atoms with E-state index in [9.17, 15) is 9.90 Å². The molecule has 0 saturated heterocycles. The first-order valence-corrected chi connectivity index (χ1v) is 5.87. The maximum Gasteiger partial charge on any atom is 0.255 e. The Morgan fingerprint density at radius 1 is 1.42 bits per heavy atom. The van der Waals surface area contributed by atoms with Crippen molar-refractivity contribution in [1.82, 2.24) is 10.3 Å². The number of rotatable bonds is 3. The largest absolute Gasteiger partial charge is 0.505 e. The molecule has 2 aromatic rings. The Labute approximate surface area is 111 Å². The fourth-order valence-corrected chi connectivity index (χ4v) is 1.76. The molecule has 1 unspecified atom stereocenters. The topological polar surface area (TPSA) is 88.2 Å². The van der Waals surface area contributed by atoms with Crippen molar-refractivity contribution in [3.63, 3.8) is 0 Å². The molecule has 5 heteroatoms. The number of benzene rings is 1. The summed E-state index contributed by atoms with van der Waals surface area (Å²) in [6, 6.07) is 8.56. The number of nitrogens with zero attached hydrogens (tertiary/aromatic N) is 1. The van der Waals surface area contributed by atoms with Gasteiger partial charge in [0.2, 0.25) is 0 Å². The van der Waals surface area contributed by atoms with E-state index < -0.39 is 0 Å². The van der Waals surface area contributed by atoms with E-state index in [1.54, 1.807) is 12.1 Å². The molecule has 1 heterocycles. The minimum absolute atomic E-state index is 0.139. The van der Waals surface area contributed by atoms with Gasteiger partial charge in [-0.25, -0.2) is 0 Å². The maximum atomic E-state index is 12.0. The molecule has 0 spiro atoms. The van der Waals surface area contributed by atoms with Gasteiger partial charge in [-0.15, -0.1) is 0 Å². The normalized spacial score (nSPS) is 11.8. The smallest absolute Gasteiger partial charge is 0.255 e. The van der Waals surface area contributed by atoms with Crippen molar-refractivity contribution in [2.75, 3.05) is 5.73 Å². The molecule has 98 valence electrons. The molecule has 19 heavy (non-hydrogen) atoms. The van der Waals surface area contributed by atoms with Crippen LogP contribution >= 0.6 is 0 Å². The fourth-order valence-electron chi connectivity index (χ4n) is 1.76. The first-order valence-electron chi connectivity index (χ1n) is 5.87. The molecule has 0 radical (unpaired) electrons. The molecular formula is C14H15N3O2. The van der Waals surface area contributed by atoms with Crippen LogP contribution in [-0.4, -0.2) is 16.0 Å². The molecule has 0 aliphatic carbocycles. The Kier molecular flexibility index (Phi) is 3.66. The van der Waals surface area contributed by atoms with Crippen LogP contribution in [0.5, 0.6) is 5.75 Å². The zero-order valence-corrected chi connectivity index (χ0v) is 10.5. The Bertz CT molecular complexity index is 599. The predicted octanol–water partition coefficient (Wildman–Crippen LogP) is 1.86. The van der Waals surface area contributed by atoms with Crippen LogP contribution in [0.15, 0.2) is 42.7 Å². The number of hydrogen-bond donors (Lipinski definition) is 3. The lowest BCUT2D eigenvalue weighted by Gasteiger charge is -2.15. The summed E-state index contributed by atoms with van der Waals surface area (Å²) in [6.07, 6.45) is 2.69. The zero-order valence-electron chi connectivity index (χ0n) is 10.5. The average Bonchev–Trinajstić information content (AvgIpc) is 2.39. The molecule has 0 bridgehead atoms. The van der Waals surface area contributed by atoms with E-state index in [1.165, 1.54) is 18.5 Å². The van der Waals surface area contributed by atoms with Crippen LogP contribution in [0, 0.1) is 0 Å². The zero-order chi connectivity index (χ0) is 13.8. The van der Waals surface area contributed by atoms with Crippen molar-refractivity contribution < 1.29 is 9.90 Å². The molecule has 0 fully saturated rings. The third-order valence-electron chi connectivity index (χ3n) is 2.80. The van der Waals surface area contributed by atoms with E-state index >= 15 is 0 Å². The second kappa shape index (κ2) is 5.39. The number of carbonyl (C=O) groups excluding carboxylic acids is 1. The van der Waals surface area contributed by atoms with Crippen molar-refractivity contribution in [2.24, 2.45) is 0 Å². The number of nitrogen functional groups attached to an aromatic ring is 1. The molecule has 4 N–H and O–H groups in total. The van der Waals surface area contributed by atoms with E-state index in [4.69, 9.17) is 5.73 Å². The first kappa shape index (κ1) is 12.9. The number of aromatic nitrogens is 1.